The van der Waals surface area contributed by atoms with Crippen molar-refractivity contribution in [2.45, 2.75) is 25.8 Å². The second-order valence-electron chi connectivity index (χ2n) is 5.47. The molecule has 2 aliphatic rings. The van der Waals surface area contributed by atoms with Crippen LogP contribution in [-0.2, 0) is 4.79 Å². The number of carbonyl (C=O) groups is 1. The maximum absolute atomic E-state index is 12.4. The van der Waals surface area contributed by atoms with Gasteiger partial charge in [0.05, 0.1) is 6.61 Å². The van der Waals surface area contributed by atoms with Crippen LogP contribution < -0.4 is 5.32 Å². The molecule has 2 N–H and O–H groups in total. The summed E-state index contributed by atoms with van der Waals surface area (Å²) in [4.78, 5) is 16.6. The number of rotatable bonds is 3. The summed E-state index contributed by atoms with van der Waals surface area (Å²) < 4.78 is 0. The lowest BCUT2D eigenvalue weighted by molar-refractivity contribution is -0.138. The lowest BCUT2D eigenvalue weighted by Crippen LogP contribution is -2.52. The highest BCUT2D eigenvalue weighted by atomic mass is 16.3. The first kappa shape index (κ1) is 13.8. The number of amides is 1. The van der Waals surface area contributed by atoms with Crippen LogP contribution in [0.1, 0.15) is 19.8 Å². The van der Waals surface area contributed by atoms with Gasteiger partial charge in [-0.2, -0.15) is 0 Å². The van der Waals surface area contributed by atoms with E-state index in [0.717, 1.165) is 52.1 Å². The van der Waals surface area contributed by atoms with E-state index in [9.17, 15) is 4.79 Å². The van der Waals surface area contributed by atoms with E-state index in [1.54, 1.807) is 0 Å². The first-order valence-corrected chi connectivity index (χ1v) is 7.06. The van der Waals surface area contributed by atoms with Gasteiger partial charge in [0.25, 0.3) is 0 Å². The van der Waals surface area contributed by atoms with Gasteiger partial charge in [-0.05, 0) is 26.3 Å². The molecule has 5 nitrogen and oxygen atoms in total. The van der Waals surface area contributed by atoms with Crippen molar-refractivity contribution in [2.24, 2.45) is 5.92 Å². The highest BCUT2D eigenvalue weighted by Crippen LogP contribution is 2.19. The second kappa shape index (κ2) is 6.50. The SMILES string of the molecule is C[C@H]1C[C@@H](C(=O)N2CCN(CCO)CC2)CCN1. The maximum Gasteiger partial charge on any atom is 0.225 e. The number of carbonyl (C=O) groups excluding carboxylic acids is 1. The first-order chi connectivity index (χ1) is 8.70. The number of hydrogen-bond donors (Lipinski definition) is 2. The standard InChI is InChI=1S/C13H25N3O2/c1-11-10-12(2-3-14-11)13(18)16-6-4-15(5-7-16)8-9-17/h11-12,14,17H,2-10H2,1H3/t11-,12-/m0/s1. The third kappa shape index (κ3) is 3.43. The molecule has 104 valence electrons. The van der Waals surface area contributed by atoms with Gasteiger partial charge in [0, 0.05) is 44.7 Å². The van der Waals surface area contributed by atoms with E-state index in [-0.39, 0.29) is 12.5 Å². The molecule has 1 amide bonds. The number of nitrogens with zero attached hydrogens (tertiary/aromatic N) is 2. The Morgan fingerprint density at radius 1 is 1.33 bits per heavy atom. The third-order valence-electron chi connectivity index (χ3n) is 4.07. The van der Waals surface area contributed by atoms with Gasteiger partial charge in [-0.3, -0.25) is 9.69 Å². The number of hydrogen-bond acceptors (Lipinski definition) is 4. The van der Waals surface area contributed by atoms with Crippen molar-refractivity contribution in [3.8, 4) is 0 Å². The predicted octanol–water partition coefficient (Wildman–Crippen LogP) is -0.489. The lowest BCUT2D eigenvalue weighted by Gasteiger charge is -2.37. The van der Waals surface area contributed by atoms with Crippen molar-refractivity contribution < 1.29 is 9.90 Å². The molecule has 0 aromatic heterocycles. The molecule has 2 atom stereocenters. The number of piperazine rings is 1. The summed E-state index contributed by atoms with van der Waals surface area (Å²) in [7, 11) is 0. The highest BCUT2D eigenvalue weighted by Gasteiger charge is 2.30. The molecule has 0 spiro atoms. The van der Waals surface area contributed by atoms with E-state index < -0.39 is 0 Å². The van der Waals surface area contributed by atoms with Crippen LogP contribution in [0.5, 0.6) is 0 Å². The second-order valence-corrected chi connectivity index (χ2v) is 5.47. The number of aliphatic hydroxyl groups excluding tert-OH is 1. The fourth-order valence-corrected chi connectivity index (χ4v) is 2.95. The third-order valence-corrected chi connectivity index (χ3v) is 4.07. The van der Waals surface area contributed by atoms with Crippen molar-refractivity contribution in [1.82, 2.24) is 15.1 Å². The first-order valence-electron chi connectivity index (χ1n) is 7.06. The molecular formula is C13H25N3O2. The highest BCUT2D eigenvalue weighted by molar-refractivity contribution is 5.79. The number of β-amino-alcohol motifs (C(OH)–C–C–N with tert-alkyl or cyclic N) is 1. The smallest absolute Gasteiger partial charge is 0.225 e. The maximum atomic E-state index is 12.4. The monoisotopic (exact) mass is 255 g/mol. The molecule has 2 saturated heterocycles. The van der Waals surface area contributed by atoms with Crippen molar-refractivity contribution in [2.75, 3.05) is 45.9 Å². The lowest BCUT2D eigenvalue weighted by atomic mass is 9.92. The average molecular weight is 255 g/mol. The zero-order valence-electron chi connectivity index (χ0n) is 11.3. The topological polar surface area (TPSA) is 55.8 Å². The van der Waals surface area contributed by atoms with E-state index in [2.05, 4.69) is 17.1 Å². The van der Waals surface area contributed by atoms with Crippen LogP contribution in [0.4, 0.5) is 0 Å². The molecule has 0 unspecified atom stereocenters. The Morgan fingerprint density at radius 2 is 2.06 bits per heavy atom. The van der Waals surface area contributed by atoms with Crippen LogP contribution in [-0.4, -0.2) is 72.7 Å². The zero-order chi connectivity index (χ0) is 13.0. The molecular weight excluding hydrogens is 230 g/mol. The quantitative estimate of drug-likeness (QED) is 0.714. The van der Waals surface area contributed by atoms with Gasteiger partial charge in [0.1, 0.15) is 0 Å². The van der Waals surface area contributed by atoms with E-state index in [1.807, 2.05) is 4.90 Å². The van der Waals surface area contributed by atoms with Gasteiger partial charge in [0.2, 0.25) is 5.91 Å². The molecule has 2 fully saturated rings. The van der Waals surface area contributed by atoms with E-state index in [0.29, 0.717) is 11.9 Å². The Morgan fingerprint density at radius 3 is 2.67 bits per heavy atom. The molecule has 18 heavy (non-hydrogen) atoms. The molecule has 0 aromatic rings. The number of aliphatic hydroxyl groups is 1. The summed E-state index contributed by atoms with van der Waals surface area (Å²) in [5.41, 5.74) is 0. The Kier molecular flexibility index (Phi) is 4.97. The van der Waals surface area contributed by atoms with Crippen LogP contribution in [0.15, 0.2) is 0 Å². The fraction of sp³-hybridized carbons (Fsp3) is 0.923. The minimum atomic E-state index is 0.208. The fourth-order valence-electron chi connectivity index (χ4n) is 2.95. The largest absolute Gasteiger partial charge is 0.395 e. The van der Waals surface area contributed by atoms with Gasteiger partial charge in [-0.25, -0.2) is 0 Å². The van der Waals surface area contributed by atoms with Gasteiger partial charge in [-0.1, -0.05) is 0 Å². The van der Waals surface area contributed by atoms with Gasteiger partial charge in [0.15, 0.2) is 0 Å². The summed E-state index contributed by atoms with van der Waals surface area (Å²) in [6.45, 7) is 7.47. The molecule has 2 rings (SSSR count). The van der Waals surface area contributed by atoms with Crippen molar-refractivity contribution in [3.05, 3.63) is 0 Å². The molecule has 2 aliphatic heterocycles. The predicted molar refractivity (Wildman–Crippen MR) is 70.3 cm³/mol. The van der Waals surface area contributed by atoms with Gasteiger partial charge >= 0.3 is 0 Å². The zero-order valence-corrected chi connectivity index (χ0v) is 11.3. The number of piperidine rings is 1. The summed E-state index contributed by atoms with van der Waals surface area (Å²) in [5.74, 6) is 0.553. The van der Waals surface area contributed by atoms with E-state index in [4.69, 9.17) is 5.11 Å². The molecule has 0 aromatic carbocycles. The van der Waals surface area contributed by atoms with E-state index >= 15 is 0 Å². The molecule has 0 bridgehead atoms. The average Bonchev–Trinajstić information content (AvgIpc) is 2.39. The van der Waals surface area contributed by atoms with E-state index in [1.165, 1.54) is 0 Å². The minimum absolute atomic E-state index is 0.208. The Labute approximate surface area is 109 Å². The normalized spacial score (nSPS) is 30.4. The Bertz CT molecular complexity index is 277. The van der Waals surface area contributed by atoms with Gasteiger partial charge in [-0.15, -0.1) is 0 Å². The summed E-state index contributed by atoms with van der Waals surface area (Å²) in [6, 6.07) is 0.461. The Balaban J connectivity index is 1.80. The molecule has 0 radical (unpaired) electrons. The van der Waals surface area contributed by atoms with Crippen molar-refractivity contribution in [3.63, 3.8) is 0 Å². The van der Waals surface area contributed by atoms with Crippen LogP contribution in [0, 0.1) is 5.92 Å². The summed E-state index contributed by atoms with van der Waals surface area (Å²) in [6.07, 6.45) is 1.94. The van der Waals surface area contributed by atoms with Crippen LogP contribution in [0.25, 0.3) is 0 Å². The molecule has 2 heterocycles. The molecule has 0 aliphatic carbocycles. The molecule has 5 heteroatoms. The summed E-state index contributed by atoms with van der Waals surface area (Å²) in [5, 5.41) is 12.3. The van der Waals surface area contributed by atoms with Crippen molar-refractivity contribution in [1.29, 1.82) is 0 Å². The molecule has 0 saturated carbocycles. The summed E-state index contributed by atoms with van der Waals surface area (Å²) >= 11 is 0. The van der Waals surface area contributed by atoms with Crippen molar-refractivity contribution >= 4 is 5.91 Å². The van der Waals surface area contributed by atoms with Crippen LogP contribution in [0.3, 0.4) is 0 Å². The van der Waals surface area contributed by atoms with Crippen LogP contribution >= 0.6 is 0 Å². The number of nitrogens with one attached hydrogen (secondary N) is 1. The van der Waals surface area contributed by atoms with Gasteiger partial charge < -0.3 is 15.3 Å². The van der Waals surface area contributed by atoms with Crippen LogP contribution in [0.2, 0.25) is 0 Å². The Hall–Kier alpha value is -0.650. The minimum Gasteiger partial charge on any atom is -0.395 e.